The topological polar surface area (TPSA) is 29.6 Å². The zero-order chi connectivity index (χ0) is 87.1. The fraction of sp³-hybridized carbons (Fsp3) is 0. The highest BCUT2D eigenvalue weighted by Crippen LogP contribution is 2.47. The van der Waals surface area contributed by atoms with Gasteiger partial charge in [0.05, 0.1) is 66.2 Å². The number of hydrogen-bond donors (Lipinski definition) is 0. The molecule has 618 valence electrons. The van der Waals surface area contributed by atoms with Gasteiger partial charge in [0.1, 0.15) is 0 Å². The predicted octanol–water partition coefficient (Wildman–Crippen LogP) is 33.6. The first-order valence-electron chi connectivity index (χ1n) is 45.4. The van der Waals surface area contributed by atoms with E-state index in [1.165, 1.54) is 198 Å². The Kier molecular flexibility index (Phi) is 18.8. The molecule has 0 spiro atoms. The molecule has 6 heteroatoms. The fourth-order valence-corrected chi connectivity index (χ4v) is 20.7. The van der Waals surface area contributed by atoms with Crippen molar-refractivity contribution < 1.29 is 0 Å². The molecule has 0 aliphatic heterocycles. The van der Waals surface area contributed by atoms with Gasteiger partial charge >= 0.3 is 0 Å². The Bertz CT molecular complexity index is 8500. The van der Waals surface area contributed by atoms with Crippen molar-refractivity contribution >= 4 is 131 Å². The summed E-state index contributed by atoms with van der Waals surface area (Å²) in [6.07, 6.45) is 0. The number of para-hydroxylation sites is 6. The molecule has 27 aromatic rings. The maximum absolute atomic E-state index is 2.45. The quantitative estimate of drug-likeness (QED) is 0.117. The first-order chi connectivity index (χ1) is 65.5. The first kappa shape index (κ1) is 76.8. The van der Waals surface area contributed by atoms with Crippen LogP contribution in [0.2, 0.25) is 0 Å². The summed E-state index contributed by atoms with van der Waals surface area (Å²) in [5, 5.41) is 15.2. The van der Waals surface area contributed by atoms with Crippen molar-refractivity contribution in [3.8, 4) is 101 Å². The molecule has 6 aromatic heterocycles. The summed E-state index contributed by atoms with van der Waals surface area (Å²) in [5.74, 6) is 0. The SMILES string of the molecule is c1ccc(-c2ccc(-n3c4ccccc4c4c5c6ccccc6n(-c6ccc(-c7ccccc7)cc6)c5ccc43)cc2)cc1.c1ccc(-c2ccc(-n3c4ccccc4c4cc5c6ccccc6n(-c6ccc(-c7ccccc7)cc6)c5cc43)cc2)cc1.c1ccc(-c2ccc(-n3c4ccccc4c4ccc5c6ccccc6n(-c6ccc(-c7ccccc7)cc6)c5c43)cc2)cc1. The van der Waals surface area contributed by atoms with Crippen LogP contribution in [0.3, 0.4) is 0 Å². The Morgan fingerprint density at radius 3 is 0.530 bits per heavy atom. The van der Waals surface area contributed by atoms with E-state index in [1.807, 2.05) is 0 Å². The van der Waals surface area contributed by atoms with Crippen LogP contribution >= 0.6 is 0 Å². The molecule has 0 aliphatic rings. The lowest BCUT2D eigenvalue weighted by Gasteiger charge is -2.13. The molecule has 0 saturated carbocycles. The lowest BCUT2D eigenvalue weighted by molar-refractivity contribution is 1.15. The largest absolute Gasteiger partial charge is 0.309 e. The van der Waals surface area contributed by atoms with E-state index in [4.69, 9.17) is 0 Å². The molecular weight excluding hydrogens is 1600 g/mol. The average Bonchev–Trinajstić information content (AvgIpc) is 1.55. The van der Waals surface area contributed by atoms with Crippen LogP contribution in [0.5, 0.6) is 0 Å². The third-order valence-electron chi connectivity index (χ3n) is 26.8. The van der Waals surface area contributed by atoms with Crippen molar-refractivity contribution in [2.24, 2.45) is 0 Å². The maximum Gasteiger partial charge on any atom is 0.0788 e. The van der Waals surface area contributed by atoms with E-state index in [1.54, 1.807) is 0 Å². The van der Waals surface area contributed by atoms with Crippen molar-refractivity contribution in [1.29, 1.82) is 0 Å². The molecule has 0 amide bonds. The van der Waals surface area contributed by atoms with Crippen molar-refractivity contribution in [1.82, 2.24) is 27.4 Å². The maximum atomic E-state index is 2.45. The molecule has 0 N–H and O–H groups in total. The summed E-state index contributed by atoms with van der Waals surface area (Å²) in [4.78, 5) is 0. The lowest BCUT2D eigenvalue weighted by atomic mass is 10.1. The van der Waals surface area contributed by atoms with Crippen LogP contribution in [0, 0.1) is 0 Å². The van der Waals surface area contributed by atoms with Gasteiger partial charge in [0.25, 0.3) is 0 Å². The Balaban J connectivity index is 0.000000106. The Morgan fingerprint density at radius 2 is 0.280 bits per heavy atom. The zero-order valence-corrected chi connectivity index (χ0v) is 72.2. The Hall–Kier alpha value is -17.6. The van der Waals surface area contributed by atoms with Gasteiger partial charge in [0.2, 0.25) is 0 Å². The number of rotatable bonds is 12. The second kappa shape index (κ2) is 32.4. The van der Waals surface area contributed by atoms with E-state index < -0.39 is 0 Å². The smallest absolute Gasteiger partial charge is 0.0788 e. The van der Waals surface area contributed by atoms with E-state index in [0.29, 0.717) is 0 Å². The molecule has 0 saturated heterocycles. The van der Waals surface area contributed by atoms with Gasteiger partial charge in [0, 0.05) is 98.8 Å². The van der Waals surface area contributed by atoms with Gasteiger partial charge in [-0.3, -0.25) is 0 Å². The third-order valence-corrected chi connectivity index (χ3v) is 26.8. The highest BCUT2D eigenvalue weighted by Gasteiger charge is 2.26. The normalized spacial score (nSPS) is 11.6. The summed E-state index contributed by atoms with van der Waals surface area (Å²) in [7, 11) is 0. The van der Waals surface area contributed by atoms with Gasteiger partial charge in [-0.15, -0.1) is 0 Å². The lowest BCUT2D eigenvalue weighted by Crippen LogP contribution is -1.98. The first-order valence-corrected chi connectivity index (χ1v) is 45.4. The average molecular weight is 1680 g/mol. The summed E-state index contributed by atoms with van der Waals surface area (Å²) in [6, 6.07) is 184. The van der Waals surface area contributed by atoms with Crippen molar-refractivity contribution in [2.45, 2.75) is 0 Å². The minimum absolute atomic E-state index is 1.15. The van der Waals surface area contributed by atoms with Crippen molar-refractivity contribution in [2.75, 3.05) is 0 Å². The minimum atomic E-state index is 1.15. The van der Waals surface area contributed by atoms with Crippen LogP contribution in [0.1, 0.15) is 0 Å². The highest BCUT2D eigenvalue weighted by atomic mass is 15.1. The summed E-state index contributed by atoms with van der Waals surface area (Å²) < 4.78 is 14.6. The molecule has 0 fully saturated rings. The van der Waals surface area contributed by atoms with E-state index in [-0.39, 0.29) is 0 Å². The van der Waals surface area contributed by atoms with Gasteiger partial charge in [-0.1, -0.05) is 376 Å². The third kappa shape index (κ3) is 13.1. The van der Waals surface area contributed by atoms with E-state index >= 15 is 0 Å². The minimum Gasteiger partial charge on any atom is -0.309 e. The summed E-state index contributed by atoms with van der Waals surface area (Å²) in [5.41, 5.74) is 36.2. The Labute approximate surface area is 763 Å². The molecule has 27 rings (SSSR count). The van der Waals surface area contributed by atoms with Gasteiger partial charge < -0.3 is 27.4 Å². The van der Waals surface area contributed by atoms with Gasteiger partial charge in [-0.2, -0.15) is 0 Å². The number of benzene rings is 21. The zero-order valence-electron chi connectivity index (χ0n) is 72.2. The van der Waals surface area contributed by atoms with Crippen LogP contribution in [0.4, 0.5) is 0 Å². The van der Waals surface area contributed by atoms with E-state index in [9.17, 15) is 0 Å². The van der Waals surface area contributed by atoms with Crippen LogP contribution in [-0.2, 0) is 0 Å². The molecule has 21 aromatic carbocycles. The standard InChI is InChI=1S/3C42H28N2/c1-3-11-29(12-4-1)31-19-23-33(24-20-31)43-39-17-9-7-15-35(39)37-27-38-36-16-8-10-18-40(36)44(42(38)28-41(37)43)34-25-21-32(22-26-34)30-13-5-2-6-14-30;1-3-11-29(12-4-1)31-19-23-33(24-20-31)43-39-17-9-7-15-35(39)37-27-28-38-36-16-8-10-18-40(36)44(42(38)41(37)43)34-25-21-32(22-26-34)30-13-5-2-6-14-30;1-3-11-29(12-4-1)31-19-23-33(24-20-31)43-37-17-9-7-15-35(37)41-39(43)27-28-40-42(41)36-16-8-10-18-38(36)44(40)34-25-21-32(22-26-34)30-13-5-2-6-14-30/h3*1-28H. The molecule has 132 heavy (non-hydrogen) atoms. The molecule has 0 atom stereocenters. The molecule has 0 bridgehead atoms. The fourth-order valence-electron chi connectivity index (χ4n) is 20.7. The van der Waals surface area contributed by atoms with Crippen LogP contribution in [0.25, 0.3) is 232 Å². The van der Waals surface area contributed by atoms with Gasteiger partial charge in [0.15, 0.2) is 0 Å². The van der Waals surface area contributed by atoms with Crippen LogP contribution in [0.15, 0.2) is 510 Å². The van der Waals surface area contributed by atoms with E-state index in [0.717, 1.165) is 34.1 Å². The van der Waals surface area contributed by atoms with Crippen molar-refractivity contribution in [3.05, 3.63) is 510 Å². The second-order valence-corrected chi connectivity index (χ2v) is 34.2. The molecular formula is C126H84N6. The second-order valence-electron chi connectivity index (χ2n) is 34.2. The number of nitrogens with zero attached hydrogens (tertiary/aromatic N) is 6. The van der Waals surface area contributed by atoms with E-state index in [2.05, 4.69) is 537 Å². The van der Waals surface area contributed by atoms with Crippen LogP contribution in [-0.4, -0.2) is 27.4 Å². The predicted molar refractivity (Wildman–Crippen MR) is 558 cm³/mol. The summed E-state index contributed by atoms with van der Waals surface area (Å²) >= 11 is 0. The Morgan fingerprint density at radius 1 is 0.0985 bits per heavy atom. The number of hydrogen-bond acceptors (Lipinski definition) is 0. The highest BCUT2D eigenvalue weighted by molar-refractivity contribution is 6.29. The monoisotopic (exact) mass is 1680 g/mol. The number of fused-ring (bicyclic) bond motifs is 20. The molecule has 0 radical (unpaired) electrons. The molecule has 6 nitrogen and oxygen atoms in total. The van der Waals surface area contributed by atoms with Crippen LogP contribution < -0.4 is 0 Å². The van der Waals surface area contributed by atoms with Crippen molar-refractivity contribution in [3.63, 3.8) is 0 Å². The molecule has 0 aliphatic carbocycles. The summed E-state index contributed by atoms with van der Waals surface area (Å²) in [6.45, 7) is 0. The van der Waals surface area contributed by atoms with Gasteiger partial charge in [-0.25, -0.2) is 0 Å². The number of aromatic nitrogens is 6. The molecule has 6 heterocycles. The van der Waals surface area contributed by atoms with Gasteiger partial charge in [-0.05, 0) is 200 Å². The molecule has 0 unspecified atom stereocenters.